The quantitative estimate of drug-likeness (QED) is 0.758. The molecule has 0 amide bonds. The summed E-state index contributed by atoms with van der Waals surface area (Å²) in [7, 11) is -3.65. The van der Waals surface area contributed by atoms with Crippen molar-refractivity contribution in [1.82, 2.24) is 0 Å². The highest BCUT2D eigenvalue weighted by Crippen LogP contribution is 2.26. The van der Waals surface area contributed by atoms with Gasteiger partial charge in [-0.2, -0.15) is 0 Å². The van der Waals surface area contributed by atoms with E-state index in [-0.39, 0.29) is 11.4 Å². The van der Waals surface area contributed by atoms with Crippen molar-refractivity contribution in [2.45, 2.75) is 18.7 Å². The first-order valence-corrected chi connectivity index (χ1v) is 8.62. The zero-order valence-electron chi connectivity index (χ0n) is 12.6. The number of nitrogens with zero attached hydrogens (tertiary/aromatic N) is 1. The Labute approximate surface area is 136 Å². The largest absolute Gasteiger partial charge is 0.264 e. The van der Waals surface area contributed by atoms with Crippen LogP contribution in [0, 0.1) is 6.92 Å². The average molecular weight is 336 g/mol. The molecule has 2 aromatic carbocycles. The molecule has 3 nitrogen and oxygen atoms in total. The van der Waals surface area contributed by atoms with Crippen LogP contribution in [0.4, 0.5) is 5.69 Å². The van der Waals surface area contributed by atoms with E-state index < -0.39 is 10.0 Å². The van der Waals surface area contributed by atoms with Crippen molar-refractivity contribution in [2.24, 2.45) is 0 Å². The van der Waals surface area contributed by atoms with E-state index in [1.54, 1.807) is 55.5 Å². The smallest absolute Gasteiger partial charge is 0.262 e. The lowest BCUT2D eigenvalue weighted by Gasteiger charge is -2.24. The molecule has 0 atom stereocenters. The molecule has 2 rings (SSSR count). The first-order valence-electron chi connectivity index (χ1n) is 6.80. The molecule has 0 aliphatic heterocycles. The van der Waals surface area contributed by atoms with Gasteiger partial charge in [0.25, 0.3) is 10.0 Å². The molecule has 22 heavy (non-hydrogen) atoms. The van der Waals surface area contributed by atoms with Crippen LogP contribution in [-0.2, 0) is 10.0 Å². The fraction of sp³-hybridized carbons (Fsp3) is 0.176. The van der Waals surface area contributed by atoms with Gasteiger partial charge in [0, 0.05) is 5.02 Å². The Kier molecular flexibility index (Phi) is 4.94. The van der Waals surface area contributed by atoms with E-state index in [0.29, 0.717) is 10.7 Å². The number of rotatable bonds is 5. The van der Waals surface area contributed by atoms with Crippen LogP contribution in [0.3, 0.4) is 0 Å². The molecule has 0 aliphatic carbocycles. The maximum atomic E-state index is 12.9. The monoisotopic (exact) mass is 335 g/mol. The summed E-state index contributed by atoms with van der Waals surface area (Å²) in [6, 6.07) is 13.5. The van der Waals surface area contributed by atoms with E-state index in [4.69, 9.17) is 11.6 Å². The molecular weight excluding hydrogens is 318 g/mol. The maximum absolute atomic E-state index is 12.9. The van der Waals surface area contributed by atoms with E-state index >= 15 is 0 Å². The fourth-order valence-electron chi connectivity index (χ4n) is 2.01. The summed E-state index contributed by atoms with van der Waals surface area (Å²) in [5.74, 6) is 0. The molecule has 0 unspecified atom stereocenters. The predicted molar refractivity (Wildman–Crippen MR) is 92.0 cm³/mol. The van der Waals surface area contributed by atoms with Gasteiger partial charge in [0.1, 0.15) is 0 Å². The molecule has 116 valence electrons. The molecule has 0 saturated carbocycles. The summed E-state index contributed by atoms with van der Waals surface area (Å²) in [4.78, 5) is 0.259. The van der Waals surface area contributed by atoms with Crippen molar-refractivity contribution >= 4 is 27.3 Å². The Morgan fingerprint density at radius 1 is 1.09 bits per heavy atom. The zero-order valence-corrected chi connectivity index (χ0v) is 14.2. The second-order valence-corrected chi connectivity index (χ2v) is 7.56. The van der Waals surface area contributed by atoms with Crippen molar-refractivity contribution in [3.63, 3.8) is 0 Å². The highest BCUT2D eigenvalue weighted by molar-refractivity contribution is 7.92. The molecule has 0 bridgehead atoms. The Morgan fingerprint density at radius 3 is 2.14 bits per heavy atom. The Bertz CT molecular complexity index is 765. The lowest BCUT2D eigenvalue weighted by molar-refractivity contribution is 0.592. The molecule has 0 spiro atoms. The van der Waals surface area contributed by atoms with Crippen LogP contribution in [0.25, 0.3) is 0 Å². The highest BCUT2D eigenvalue weighted by Gasteiger charge is 2.24. The number of anilines is 1. The minimum Gasteiger partial charge on any atom is -0.262 e. The third-order valence-corrected chi connectivity index (χ3v) is 5.18. The number of benzene rings is 2. The maximum Gasteiger partial charge on any atom is 0.264 e. The van der Waals surface area contributed by atoms with Crippen LogP contribution in [0.15, 0.2) is 65.6 Å². The number of hydrogen-bond acceptors (Lipinski definition) is 2. The van der Waals surface area contributed by atoms with E-state index in [0.717, 1.165) is 11.1 Å². The lowest BCUT2D eigenvalue weighted by atomic mass is 10.2. The lowest BCUT2D eigenvalue weighted by Crippen LogP contribution is -2.32. The number of sulfonamides is 1. The Hall–Kier alpha value is -1.78. The SMILES string of the molecule is C=C(C)CN(c1ccc(Cl)cc1)S(=O)(=O)c1ccc(C)cc1. The van der Waals surface area contributed by atoms with E-state index in [2.05, 4.69) is 6.58 Å². The predicted octanol–water partition coefficient (Wildman–Crippen LogP) is 4.42. The molecular formula is C17H18ClNO2S. The van der Waals surface area contributed by atoms with Gasteiger partial charge in [-0.25, -0.2) is 8.42 Å². The Balaban J connectivity index is 2.50. The van der Waals surface area contributed by atoms with Crippen LogP contribution in [0.1, 0.15) is 12.5 Å². The van der Waals surface area contributed by atoms with Gasteiger partial charge in [-0.3, -0.25) is 4.31 Å². The van der Waals surface area contributed by atoms with Gasteiger partial charge in [-0.15, -0.1) is 0 Å². The zero-order chi connectivity index (χ0) is 16.3. The summed E-state index contributed by atoms with van der Waals surface area (Å²) in [6.45, 7) is 7.76. The van der Waals surface area contributed by atoms with Crippen molar-refractivity contribution < 1.29 is 8.42 Å². The van der Waals surface area contributed by atoms with Crippen molar-refractivity contribution in [1.29, 1.82) is 0 Å². The van der Waals surface area contributed by atoms with Crippen LogP contribution in [0.2, 0.25) is 5.02 Å². The summed E-state index contributed by atoms with van der Waals surface area (Å²) in [5.41, 5.74) is 2.33. The molecule has 0 N–H and O–H groups in total. The molecule has 0 radical (unpaired) electrons. The topological polar surface area (TPSA) is 37.4 Å². The van der Waals surface area contributed by atoms with Gasteiger partial charge in [0.2, 0.25) is 0 Å². The second kappa shape index (κ2) is 6.55. The van der Waals surface area contributed by atoms with Crippen LogP contribution in [0.5, 0.6) is 0 Å². The summed E-state index contributed by atoms with van der Waals surface area (Å²) in [6.07, 6.45) is 0. The second-order valence-electron chi connectivity index (χ2n) is 5.26. The molecule has 5 heteroatoms. The minimum atomic E-state index is -3.65. The molecule has 0 aromatic heterocycles. The van der Waals surface area contributed by atoms with Gasteiger partial charge in [0.15, 0.2) is 0 Å². The van der Waals surface area contributed by atoms with Gasteiger partial charge in [0.05, 0.1) is 17.1 Å². The first-order chi connectivity index (χ1) is 10.3. The van der Waals surface area contributed by atoms with Crippen LogP contribution >= 0.6 is 11.6 Å². The van der Waals surface area contributed by atoms with Crippen LogP contribution in [-0.4, -0.2) is 15.0 Å². The van der Waals surface area contributed by atoms with E-state index in [1.807, 2.05) is 6.92 Å². The third-order valence-electron chi connectivity index (χ3n) is 3.14. The Morgan fingerprint density at radius 2 is 1.64 bits per heavy atom. The number of halogens is 1. The number of hydrogen-bond donors (Lipinski definition) is 0. The van der Waals surface area contributed by atoms with E-state index in [1.165, 1.54) is 4.31 Å². The van der Waals surface area contributed by atoms with Crippen molar-refractivity contribution in [3.8, 4) is 0 Å². The minimum absolute atomic E-state index is 0.220. The molecule has 0 aliphatic rings. The van der Waals surface area contributed by atoms with Crippen molar-refractivity contribution in [3.05, 3.63) is 71.3 Å². The standard InChI is InChI=1S/C17H18ClNO2S/c1-13(2)12-19(16-8-6-15(18)7-9-16)22(20,21)17-10-4-14(3)5-11-17/h4-11H,1,12H2,2-3H3. The normalized spacial score (nSPS) is 11.2. The molecule has 0 fully saturated rings. The molecule has 0 heterocycles. The van der Waals surface area contributed by atoms with Gasteiger partial charge in [-0.1, -0.05) is 41.4 Å². The molecule has 2 aromatic rings. The van der Waals surface area contributed by atoms with Gasteiger partial charge in [-0.05, 0) is 50.2 Å². The van der Waals surface area contributed by atoms with E-state index in [9.17, 15) is 8.42 Å². The van der Waals surface area contributed by atoms with Gasteiger partial charge < -0.3 is 0 Å². The van der Waals surface area contributed by atoms with Gasteiger partial charge >= 0.3 is 0 Å². The summed E-state index contributed by atoms with van der Waals surface area (Å²) >= 11 is 5.89. The fourth-order valence-corrected chi connectivity index (χ4v) is 3.66. The summed E-state index contributed by atoms with van der Waals surface area (Å²) < 4.78 is 27.2. The third kappa shape index (κ3) is 3.70. The average Bonchev–Trinajstić information content (AvgIpc) is 2.46. The summed E-state index contributed by atoms with van der Waals surface area (Å²) in [5, 5.41) is 0.562. The number of aryl methyl sites for hydroxylation is 1. The molecule has 0 saturated heterocycles. The van der Waals surface area contributed by atoms with Crippen LogP contribution < -0.4 is 4.31 Å². The highest BCUT2D eigenvalue weighted by atomic mass is 35.5. The first kappa shape index (κ1) is 16.6. The van der Waals surface area contributed by atoms with Crippen molar-refractivity contribution in [2.75, 3.05) is 10.8 Å².